The summed E-state index contributed by atoms with van der Waals surface area (Å²) < 4.78 is 7.67. The van der Waals surface area contributed by atoms with Crippen molar-refractivity contribution in [1.29, 1.82) is 0 Å². The second kappa shape index (κ2) is 5.89. The lowest BCUT2D eigenvalue weighted by Gasteiger charge is -2.10. The number of benzene rings is 1. The zero-order valence-electron chi connectivity index (χ0n) is 11.0. The van der Waals surface area contributed by atoms with E-state index in [1.807, 2.05) is 29.1 Å². The number of ether oxygens (including phenoxy) is 1. The highest BCUT2D eigenvalue weighted by Gasteiger charge is 2.14. The number of rotatable bonds is 5. The molecule has 100 valence electrons. The van der Waals surface area contributed by atoms with Gasteiger partial charge in [0, 0.05) is 6.04 Å². The van der Waals surface area contributed by atoms with E-state index in [9.17, 15) is 0 Å². The molecular weight excluding hydrogens is 238 g/mol. The van der Waals surface area contributed by atoms with Gasteiger partial charge in [0.2, 0.25) is 0 Å². The molecule has 1 atom stereocenters. The minimum atomic E-state index is 0.498. The molecule has 1 aliphatic rings. The molecule has 0 saturated carbocycles. The third-order valence-electron chi connectivity index (χ3n) is 3.41. The predicted octanol–water partition coefficient (Wildman–Crippen LogP) is 2.06. The minimum Gasteiger partial charge on any atom is -0.489 e. The molecular formula is C15H19N3O. The van der Waals surface area contributed by atoms with Crippen LogP contribution in [0.15, 0.2) is 42.7 Å². The molecule has 19 heavy (non-hydrogen) atoms. The molecule has 0 spiro atoms. The van der Waals surface area contributed by atoms with Crippen LogP contribution in [-0.4, -0.2) is 29.0 Å². The van der Waals surface area contributed by atoms with Gasteiger partial charge in [-0.25, -0.2) is 0 Å². The van der Waals surface area contributed by atoms with E-state index in [2.05, 4.69) is 22.5 Å². The Kier molecular flexibility index (Phi) is 3.79. The summed E-state index contributed by atoms with van der Waals surface area (Å²) in [4.78, 5) is 0. The van der Waals surface area contributed by atoms with Crippen molar-refractivity contribution < 1.29 is 4.74 Å². The molecule has 2 heterocycles. The summed E-state index contributed by atoms with van der Waals surface area (Å²) in [5.74, 6) is 0.852. The summed E-state index contributed by atoms with van der Waals surface area (Å²) >= 11 is 0. The first-order chi connectivity index (χ1) is 9.40. The lowest BCUT2D eigenvalue weighted by Crippen LogP contribution is -2.28. The Morgan fingerprint density at radius 1 is 1.32 bits per heavy atom. The van der Waals surface area contributed by atoms with Crippen molar-refractivity contribution in [2.75, 3.05) is 13.2 Å². The van der Waals surface area contributed by atoms with Gasteiger partial charge in [-0.15, -0.1) is 0 Å². The lowest BCUT2D eigenvalue weighted by molar-refractivity contribution is 0.277. The van der Waals surface area contributed by atoms with Crippen LogP contribution in [0.5, 0.6) is 5.75 Å². The van der Waals surface area contributed by atoms with Crippen molar-refractivity contribution in [3.05, 3.63) is 48.3 Å². The number of nitrogens with one attached hydrogen (secondary N) is 1. The minimum absolute atomic E-state index is 0.498. The Morgan fingerprint density at radius 2 is 2.21 bits per heavy atom. The van der Waals surface area contributed by atoms with Crippen LogP contribution in [0, 0.1) is 0 Å². The van der Waals surface area contributed by atoms with Crippen LogP contribution in [0.25, 0.3) is 0 Å². The maximum atomic E-state index is 5.76. The van der Waals surface area contributed by atoms with E-state index >= 15 is 0 Å². The molecule has 0 radical (unpaired) electrons. The maximum Gasteiger partial charge on any atom is 0.157 e. The normalized spacial score (nSPS) is 18.6. The van der Waals surface area contributed by atoms with E-state index in [-0.39, 0.29) is 0 Å². The molecule has 0 bridgehead atoms. The molecule has 0 aliphatic carbocycles. The molecule has 1 unspecified atom stereocenters. The fraction of sp³-hybridized carbons (Fsp3) is 0.400. The molecule has 1 aromatic heterocycles. The van der Waals surface area contributed by atoms with Crippen LogP contribution >= 0.6 is 0 Å². The van der Waals surface area contributed by atoms with Crippen molar-refractivity contribution >= 4 is 0 Å². The molecule has 1 N–H and O–H groups in total. The quantitative estimate of drug-likeness (QED) is 0.891. The third kappa shape index (κ3) is 3.35. The Hall–Kier alpha value is -1.81. The molecule has 4 nitrogen and oxygen atoms in total. The second-order valence-electron chi connectivity index (χ2n) is 4.96. The van der Waals surface area contributed by atoms with Gasteiger partial charge in [-0.3, -0.25) is 4.68 Å². The molecule has 0 amide bonds. The Bertz CT molecular complexity index is 503. The van der Waals surface area contributed by atoms with Crippen LogP contribution in [0.2, 0.25) is 0 Å². The van der Waals surface area contributed by atoms with Gasteiger partial charge in [0.15, 0.2) is 5.75 Å². The fourth-order valence-corrected chi connectivity index (χ4v) is 2.37. The van der Waals surface area contributed by atoms with Crippen LogP contribution in [0.1, 0.15) is 18.4 Å². The molecule has 1 saturated heterocycles. The number of hydrogen-bond acceptors (Lipinski definition) is 3. The van der Waals surface area contributed by atoms with Crippen molar-refractivity contribution in [3.63, 3.8) is 0 Å². The van der Waals surface area contributed by atoms with Crippen LogP contribution in [0.4, 0.5) is 0 Å². The molecule has 2 aromatic rings. The largest absolute Gasteiger partial charge is 0.489 e. The highest BCUT2D eigenvalue weighted by Crippen LogP contribution is 2.12. The first kappa shape index (κ1) is 12.2. The van der Waals surface area contributed by atoms with E-state index < -0.39 is 0 Å². The standard InChI is InChI=1S/C15H19N3O/c1-2-5-13(6-3-1)10-18-11-15(9-17-18)19-12-14-7-4-8-16-14/h1-3,5-6,9,11,14,16H,4,7-8,10,12H2. The highest BCUT2D eigenvalue weighted by atomic mass is 16.5. The van der Waals surface area contributed by atoms with E-state index in [0.717, 1.165) is 25.4 Å². The van der Waals surface area contributed by atoms with E-state index in [1.165, 1.54) is 18.4 Å². The monoisotopic (exact) mass is 257 g/mol. The Labute approximate surface area is 113 Å². The topological polar surface area (TPSA) is 39.1 Å². The SMILES string of the molecule is c1ccc(Cn2cc(OCC3CCCN3)cn2)cc1. The maximum absolute atomic E-state index is 5.76. The van der Waals surface area contributed by atoms with Gasteiger partial charge < -0.3 is 10.1 Å². The fourth-order valence-electron chi connectivity index (χ4n) is 2.37. The Balaban J connectivity index is 1.54. The zero-order valence-corrected chi connectivity index (χ0v) is 11.0. The smallest absolute Gasteiger partial charge is 0.157 e. The van der Waals surface area contributed by atoms with Gasteiger partial charge >= 0.3 is 0 Å². The number of aromatic nitrogens is 2. The van der Waals surface area contributed by atoms with Gasteiger partial charge in [0.25, 0.3) is 0 Å². The number of nitrogens with zero attached hydrogens (tertiary/aromatic N) is 2. The van der Waals surface area contributed by atoms with Crippen LogP contribution in [0.3, 0.4) is 0 Å². The summed E-state index contributed by atoms with van der Waals surface area (Å²) in [5, 5.41) is 7.75. The van der Waals surface area contributed by atoms with Crippen molar-refractivity contribution in [2.24, 2.45) is 0 Å². The van der Waals surface area contributed by atoms with E-state index in [1.54, 1.807) is 6.20 Å². The van der Waals surface area contributed by atoms with Gasteiger partial charge in [0.1, 0.15) is 6.61 Å². The number of hydrogen-bond donors (Lipinski definition) is 1. The zero-order chi connectivity index (χ0) is 12.9. The third-order valence-corrected chi connectivity index (χ3v) is 3.41. The molecule has 1 aliphatic heterocycles. The first-order valence-corrected chi connectivity index (χ1v) is 6.83. The summed E-state index contributed by atoms with van der Waals surface area (Å²) in [6.07, 6.45) is 6.21. The summed E-state index contributed by atoms with van der Waals surface area (Å²) in [6.45, 7) is 2.63. The average Bonchev–Trinajstić information content (AvgIpc) is 3.09. The summed E-state index contributed by atoms with van der Waals surface area (Å²) in [7, 11) is 0. The van der Waals surface area contributed by atoms with Gasteiger partial charge in [0.05, 0.1) is 18.9 Å². The van der Waals surface area contributed by atoms with Crippen molar-refractivity contribution in [1.82, 2.24) is 15.1 Å². The average molecular weight is 257 g/mol. The second-order valence-corrected chi connectivity index (χ2v) is 4.96. The van der Waals surface area contributed by atoms with Crippen molar-refractivity contribution in [3.8, 4) is 5.75 Å². The molecule has 1 fully saturated rings. The molecule has 4 heteroatoms. The van der Waals surface area contributed by atoms with Crippen molar-refractivity contribution in [2.45, 2.75) is 25.4 Å². The van der Waals surface area contributed by atoms with Crippen LogP contribution in [-0.2, 0) is 6.54 Å². The van der Waals surface area contributed by atoms with Crippen LogP contribution < -0.4 is 10.1 Å². The lowest BCUT2D eigenvalue weighted by atomic mass is 10.2. The Morgan fingerprint density at radius 3 is 3.00 bits per heavy atom. The predicted molar refractivity (Wildman–Crippen MR) is 74.3 cm³/mol. The van der Waals surface area contributed by atoms with Gasteiger partial charge in [-0.1, -0.05) is 30.3 Å². The highest BCUT2D eigenvalue weighted by molar-refractivity contribution is 5.17. The molecule has 1 aromatic carbocycles. The van der Waals surface area contributed by atoms with Gasteiger partial charge in [-0.2, -0.15) is 5.10 Å². The first-order valence-electron chi connectivity index (χ1n) is 6.83. The van der Waals surface area contributed by atoms with E-state index in [0.29, 0.717) is 6.04 Å². The summed E-state index contributed by atoms with van der Waals surface area (Å²) in [6, 6.07) is 10.8. The van der Waals surface area contributed by atoms with E-state index in [4.69, 9.17) is 4.74 Å². The summed E-state index contributed by atoms with van der Waals surface area (Å²) in [5.41, 5.74) is 1.25. The van der Waals surface area contributed by atoms with Gasteiger partial charge in [-0.05, 0) is 24.9 Å². The molecule has 3 rings (SSSR count).